The molecule has 1 amide bonds. The van der Waals surface area contributed by atoms with Gasteiger partial charge >= 0.3 is 5.91 Å². The number of hydrogen-bond donors (Lipinski definition) is 2. The van der Waals surface area contributed by atoms with Crippen molar-refractivity contribution in [3.8, 4) is 17.2 Å². The Morgan fingerprint density at radius 1 is 1.02 bits per heavy atom. The molecule has 6 rings (SSSR count). The number of aliphatic hydroxyl groups is 1. The lowest BCUT2D eigenvalue weighted by Gasteiger charge is -2.23. The van der Waals surface area contributed by atoms with E-state index >= 15 is 0 Å². The molecule has 0 bridgehead atoms. The summed E-state index contributed by atoms with van der Waals surface area (Å²) in [6.45, 7) is 3.68. The maximum Gasteiger partial charge on any atom is 0.301 e. The minimum Gasteiger partial charge on any atom is -0.505 e. The Balaban J connectivity index is 1.60. The molecule has 1 aliphatic heterocycles. The first-order chi connectivity index (χ1) is 19.2. The van der Waals surface area contributed by atoms with E-state index in [0.29, 0.717) is 28.2 Å². The molecular formula is C29H24N4O6S. The number of carbonyl (C=O) groups excluding carboxylic acids is 2. The molecule has 2 N–H and O–H groups in total. The Morgan fingerprint density at radius 3 is 2.55 bits per heavy atom. The number of imidazole rings is 1. The second-order valence-electron chi connectivity index (χ2n) is 9.36. The highest BCUT2D eigenvalue weighted by Gasteiger charge is 2.49. The predicted molar refractivity (Wildman–Crippen MR) is 150 cm³/mol. The number of benzene rings is 2. The fraction of sp³-hybridized carbons (Fsp3) is 0.172. The summed E-state index contributed by atoms with van der Waals surface area (Å²) in [6.07, 6.45) is 1.82. The maximum atomic E-state index is 13.7. The van der Waals surface area contributed by atoms with Crippen molar-refractivity contribution in [3.05, 3.63) is 82.8 Å². The van der Waals surface area contributed by atoms with Gasteiger partial charge in [-0.1, -0.05) is 23.5 Å². The highest BCUT2D eigenvalue weighted by atomic mass is 32.1. The third-order valence-electron chi connectivity index (χ3n) is 7.06. The molecular weight excluding hydrogens is 532 g/mol. The van der Waals surface area contributed by atoms with Crippen LogP contribution in [0, 0.1) is 13.8 Å². The quantitative estimate of drug-likeness (QED) is 0.178. The molecule has 11 heteroatoms. The van der Waals surface area contributed by atoms with Crippen LogP contribution >= 0.6 is 11.3 Å². The number of aromatic hydroxyl groups is 1. The van der Waals surface area contributed by atoms with Gasteiger partial charge in [0.15, 0.2) is 22.4 Å². The topological polar surface area (TPSA) is 126 Å². The van der Waals surface area contributed by atoms with Crippen LogP contribution in [0.1, 0.15) is 28.6 Å². The first-order valence-electron chi connectivity index (χ1n) is 12.3. The minimum absolute atomic E-state index is 0.109. The lowest BCUT2D eigenvalue weighted by Crippen LogP contribution is -2.29. The Bertz CT molecular complexity index is 1890. The van der Waals surface area contributed by atoms with Gasteiger partial charge in [-0.15, -0.1) is 0 Å². The number of rotatable bonds is 5. The number of ether oxygens (including phenoxy) is 2. The summed E-state index contributed by atoms with van der Waals surface area (Å²) >= 11 is 1.22. The fourth-order valence-electron chi connectivity index (χ4n) is 5.01. The molecule has 0 radical (unpaired) electrons. The average molecular weight is 557 g/mol. The number of hydrogen-bond acceptors (Lipinski definition) is 9. The van der Waals surface area contributed by atoms with E-state index in [1.807, 2.05) is 29.7 Å². The number of pyridine rings is 1. The molecule has 0 aliphatic carbocycles. The Labute approximate surface area is 232 Å². The number of aromatic nitrogens is 3. The monoisotopic (exact) mass is 556 g/mol. The summed E-state index contributed by atoms with van der Waals surface area (Å²) in [6, 6.07) is 12.5. The molecule has 202 valence electrons. The third kappa shape index (κ3) is 3.77. The van der Waals surface area contributed by atoms with Crippen molar-refractivity contribution in [3.63, 3.8) is 0 Å². The number of phenols is 1. The maximum absolute atomic E-state index is 13.7. The van der Waals surface area contributed by atoms with Gasteiger partial charge < -0.3 is 24.1 Å². The minimum atomic E-state index is -1.07. The number of nitrogens with zero attached hydrogens (tertiary/aromatic N) is 4. The number of ketones is 1. The SMILES string of the molecule is COc1ccc2nc(N3C(=O)C(=O)C(=C(O)c4nc5c(C)cccn5c4C)C3c3ccc(O)c(OC)c3)sc2c1. The van der Waals surface area contributed by atoms with Crippen molar-refractivity contribution < 1.29 is 29.3 Å². The van der Waals surface area contributed by atoms with E-state index < -0.39 is 23.5 Å². The summed E-state index contributed by atoms with van der Waals surface area (Å²) in [5, 5.41) is 22.2. The van der Waals surface area contributed by atoms with Gasteiger partial charge in [0.1, 0.15) is 17.1 Å². The normalized spacial score (nSPS) is 16.8. The number of Topliss-reactive ketones (excluding diaryl/α,β-unsaturated/α-hetero) is 1. The van der Waals surface area contributed by atoms with Crippen LogP contribution in [-0.4, -0.2) is 50.5 Å². The van der Waals surface area contributed by atoms with Crippen molar-refractivity contribution in [2.24, 2.45) is 0 Å². The van der Waals surface area contributed by atoms with Crippen molar-refractivity contribution in [2.75, 3.05) is 19.1 Å². The molecule has 40 heavy (non-hydrogen) atoms. The van der Waals surface area contributed by atoms with Gasteiger partial charge in [0.2, 0.25) is 0 Å². The molecule has 1 aliphatic rings. The van der Waals surface area contributed by atoms with Crippen LogP contribution in [0.2, 0.25) is 0 Å². The summed E-state index contributed by atoms with van der Waals surface area (Å²) in [5.74, 6) is -1.45. The van der Waals surface area contributed by atoms with Crippen LogP contribution in [0.4, 0.5) is 5.13 Å². The highest BCUT2D eigenvalue weighted by Crippen LogP contribution is 2.46. The van der Waals surface area contributed by atoms with Crippen molar-refractivity contribution in [2.45, 2.75) is 19.9 Å². The summed E-state index contributed by atoms with van der Waals surface area (Å²) in [7, 11) is 2.96. The first kappa shape index (κ1) is 25.4. The molecule has 5 aromatic rings. The highest BCUT2D eigenvalue weighted by molar-refractivity contribution is 7.22. The second kappa shape index (κ2) is 9.38. The predicted octanol–water partition coefficient (Wildman–Crippen LogP) is 4.91. The van der Waals surface area contributed by atoms with Crippen molar-refractivity contribution in [1.29, 1.82) is 0 Å². The van der Waals surface area contributed by atoms with Gasteiger partial charge in [-0.2, -0.15) is 0 Å². The largest absolute Gasteiger partial charge is 0.505 e. The van der Waals surface area contributed by atoms with Crippen LogP contribution in [0.25, 0.3) is 21.6 Å². The molecule has 0 spiro atoms. The number of phenolic OH excluding ortho intramolecular Hbond substituents is 1. The lowest BCUT2D eigenvalue weighted by atomic mass is 9.96. The van der Waals surface area contributed by atoms with Gasteiger partial charge in [0.05, 0.1) is 41.7 Å². The number of fused-ring (bicyclic) bond motifs is 2. The van der Waals surface area contributed by atoms with Crippen LogP contribution in [0.5, 0.6) is 17.2 Å². The van der Waals surface area contributed by atoms with Gasteiger partial charge in [0.25, 0.3) is 5.78 Å². The first-order valence-corrected chi connectivity index (χ1v) is 13.1. The fourth-order valence-corrected chi connectivity index (χ4v) is 6.03. The van der Waals surface area contributed by atoms with Crippen LogP contribution < -0.4 is 14.4 Å². The molecule has 1 saturated heterocycles. The number of aryl methyl sites for hydroxylation is 2. The molecule has 1 atom stereocenters. The Hall–Kier alpha value is -4.90. The van der Waals surface area contributed by atoms with Gasteiger partial charge in [0, 0.05) is 6.20 Å². The summed E-state index contributed by atoms with van der Waals surface area (Å²) in [5.41, 5.74) is 3.22. The molecule has 1 unspecified atom stereocenters. The number of aliphatic hydroxyl groups excluding tert-OH is 1. The van der Waals surface area contributed by atoms with E-state index in [4.69, 9.17) is 9.47 Å². The Kier molecular flexibility index (Phi) is 5.95. The molecule has 1 fully saturated rings. The number of amides is 1. The second-order valence-corrected chi connectivity index (χ2v) is 10.4. The van der Waals surface area contributed by atoms with Gasteiger partial charge in [-0.05, 0) is 61.4 Å². The molecule has 10 nitrogen and oxygen atoms in total. The molecule has 3 aromatic heterocycles. The number of methoxy groups -OCH3 is 2. The third-order valence-corrected chi connectivity index (χ3v) is 8.08. The Morgan fingerprint density at radius 2 is 1.82 bits per heavy atom. The van der Waals surface area contributed by atoms with E-state index in [-0.39, 0.29) is 27.9 Å². The van der Waals surface area contributed by atoms with Crippen LogP contribution in [0.3, 0.4) is 0 Å². The van der Waals surface area contributed by atoms with E-state index in [0.717, 1.165) is 10.3 Å². The lowest BCUT2D eigenvalue weighted by molar-refractivity contribution is -0.132. The van der Waals surface area contributed by atoms with Crippen LogP contribution in [-0.2, 0) is 9.59 Å². The van der Waals surface area contributed by atoms with E-state index in [9.17, 15) is 19.8 Å². The average Bonchev–Trinajstić information content (AvgIpc) is 3.60. The molecule has 4 heterocycles. The van der Waals surface area contributed by atoms with E-state index in [1.165, 1.54) is 35.5 Å². The van der Waals surface area contributed by atoms with Crippen molar-refractivity contribution >= 4 is 49.8 Å². The van der Waals surface area contributed by atoms with Gasteiger partial charge in [-0.25, -0.2) is 9.97 Å². The zero-order valence-electron chi connectivity index (χ0n) is 22.0. The summed E-state index contributed by atoms with van der Waals surface area (Å²) in [4.78, 5) is 37.8. The smallest absolute Gasteiger partial charge is 0.301 e. The summed E-state index contributed by atoms with van der Waals surface area (Å²) < 4.78 is 13.2. The zero-order valence-corrected chi connectivity index (χ0v) is 22.8. The van der Waals surface area contributed by atoms with E-state index in [1.54, 1.807) is 38.3 Å². The standard InChI is InChI=1S/C29H24N4O6S/c1-14-6-5-11-32-15(2)23(31-27(14)32)25(35)22-24(16-7-10-19(34)20(12-16)39-4)33(28(37)26(22)36)29-30-18-9-8-17(38-3)13-21(18)40-29/h5-13,24,34-35H,1-4H3. The van der Waals surface area contributed by atoms with Gasteiger partial charge in [-0.3, -0.25) is 14.5 Å². The van der Waals surface area contributed by atoms with Crippen molar-refractivity contribution in [1.82, 2.24) is 14.4 Å². The van der Waals surface area contributed by atoms with Crippen LogP contribution in [0.15, 0.2) is 60.3 Å². The molecule has 0 saturated carbocycles. The van der Waals surface area contributed by atoms with E-state index in [2.05, 4.69) is 9.97 Å². The number of thiazole rings is 1. The zero-order chi connectivity index (χ0) is 28.3. The number of carbonyl (C=O) groups is 2. The number of anilines is 1. The molecule has 2 aromatic carbocycles.